The molecule has 10 heteroatoms. The molecule has 4 rings (SSSR count). The summed E-state index contributed by atoms with van der Waals surface area (Å²) >= 11 is 0. The third kappa shape index (κ3) is 2.71. The third-order valence-electron chi connectivity index (χ3n) is 4.59. The summed E-state index contributed by atoms with van der Waals surface area (Å²) in [5.41, 5.74) is 1.15. The fourth-order valence-corrected chi connectivity index (χ4v) is 4.93. The monoisotopic (exact) mass is 374 g/mol. The van der Waals surface area contributed by atoms with Gasteiger partial charge >= 0.3 is 0 Å². The van der Waals surface area contributed by atoms with Crippen molar-refractivity contribution in [1.29, 1.82) is 0 Å². The molecule has 4 heterocycles. The lowest BCUT2D eigenvalue weighted by Crippen LogP contribution is -2.31. The number of hydrogen-bond acceptors (Lipinski definition) is 7. The van der Waals surface area contributed by atoms with E-state index in [4.69, 9.17) is 4.42 Å². The predicted molar refractivity (Wildman–Crippen MR) is 91.3 cm³/mol. The third-order valence-corrected chi connectivity index (χ3v) is 6.60. The molecular formula is C16H18N6O3S. The number of hydrogen-bond donors (Lipinski definition) is 0. The second-order valence-electron chi connectivity index (χ2n) is 6.15. The van der Waals surface area contributed by atoms with Crippen molar-refractivity contribution in [2.24, 2.45) is 7.05 Å². The lowest BCUT2D eigenvalue weighted by molar-refractivity contribution is 0.332. The predicted octanol–water partition coefficient (Wildman–Crippen LogP) is 1.70. The van der Waals surface area contributed by atoms with Crippen molar-refractivity contribution in [3.8, 4) is 11.6 Å². The number of aryl methyl sites for hydroxylation is 1. The minimum atomic E-state index is -3.69. The van der Waals surface area contributed by atoms with Gasteiger partial charge in [0.1, 0.15) is 16.6 Å². The molecule has 0 bridgehead atoms. The molecule has 0 amide bonds. The molecule has 3 aromatic rings. The van der Waals surface area contributed by atoms with E-state index in [1.807, 2.05) is 6.07 Å². The van der Waals surface area contributed by atoms with Crippen LogP contribution >= 0.6 is 0 Å². The molecule has 0 radical (unpaired) electrons. The first-order valence-electron chi connectivity index (χ1n) is 8.24. The Labute approximate surface area is 150 Å². The van der Waals surface area contributed by atoms with Crippen LogP contribution < -0.4 is 0 Å². The molecule has 1 fully saturated rings. The molecule has 1 saturated heterocycles. The van der Waals surface area contributed by atoms with Crippen LogP contribution in [0, 0.1) is 6.92 Å². The van der Waals surface area contributed by atoms with Gasteiger partial charge in [0.2, 0.25) is 15.9 Å². The fourth-order valence-electron chi connectivity index (χ4n) is 3.09. The van der Waals surface area contributed by atoms with Crippen molar-refractivity contribution in [1.82, 2.24) is 29.3 Å². The minimum absolute atomic E-state index is 0.205. The number of nitrogens with zero attached hydrogens (tertiary/aromatic N) is 6. The molecule has 1 aliphatic heterocycles. The maximum absolute atomic E-state index is 13.1. The lowest BCUT2D eigenvalue weighted by atomic mass is 10.2. The van der Waals surface area contributed by atoms with Crippen molar-refractivity contribution in [2.45, 2.75) is 30.7 Å². The molecule has 3 aromatic heterocycles. The van der Waals surface area contributed by atoms with E-state index in [0.29, 0.717) is 24.4 Å². The molecule has 0 N–H and O–H groups in total. The smallest absolute Gasteiger partial charge is 0.266 e. The maximum Gasteiger partial charge on any atom is 0.266 e. The summed E-state index contributed by atoms with van der Waals surface area (Å²) < 4.78 is 34.9. The van der Waals surface area contributed by atoms with Crippen molar-refractivity contribution in [3.63, 3.8) is 0 Å². The first-order chi connectivity index (χ1) is 12.5. The van der Waals surface area contributed by atoms with Gasteiger partial charge in [-0.05, 0) is 31.9 Å². The van der Waals surface area contributed by atoms with Crippen molar-refractivity contribution in [2.75, 3.05) is 6.54 Å². The van der Waals surface area contributed by atoms with Gasteiger partial charge < -0.3 is 4.42 Å². The van der Waals surface area contributed by atoms with Crippen LogP contribution in [0.1, 0.15) is 30.5 Å². The Bertz CT molecular complexity index is 1030. The zero-order valence-corrected chi connectivity index (χ0v) is 15.2. The fraction of sp³-hybridized carbons (Fsp3) is 0.375. The van der Waals surface area contributed by atoms with E-state index in [1.165, 1.54) is 10.5 Å². The Kier molecular flexibility index (Phi) is 4.08. The van der Waals surface area contributed by atoms with Crippen LogP contribution in [0.3, 0.4) is 0 Å². The Morgan fingerprint density at radius 1 is 1.27 bits per heavy atom. The molecule has 0 unspecified atom stereocenters. The summed E-state index contributed by atoms with van der Waals surface area (Å²) in [6.45, 7) is 2.14. The van der Waals surface area contributed by atoms with E-state index in [1.54, 1.807) is 37.0 Å². The Balaban J connectivity index is 1.67. The van der Waals surface area contributed by atoms with E-state index in [2.05, 4.69) is 20.3 Å². The summed E-state index contributed by atoms with van der Waals surface area (Å²) in [7, 11) is -1.98. The molecule has 9 nitrogen and oxygen atoms in total. The first-order valence-corrected chi connectivity index (χ1v) is 9.68. The van der Waals surface area contributed by atoms with Crippen LogP contribution in [0.4, 0.5) is 0 Å². The highest BCUT2D eigenvalue weighted by atomic mass is 32.2. The van der Waals surface area contributed by atoms with Crippen molar-refractivity contribution < 1.29 is 12.8 Å². The maximum atomic E-state index is 13.1. The number of pyridine rings is 1. The summed E-state index contributed by atoms with van der Waals surface area (Å²) in [6, 6.07) is 4.90. The van der Waals surface area contributed by atoms with Gasteiger partial charge in [-0.25, -0.2) is 8.42 Å². The van der Waals surface area contributed by atoms with E-state index < -0.39 is 16.1 Å². The highest BCUT2D eigenvalue weighted by Gasteiger charge is 2.40. The van der Waals surface area contributed by atoms with Gasteiger partial charge in [0.15, 0.2) is 0 Å². The van der Waals surface area contributed by atoms with Gasteiger partial charge in [-0.3, -0.25) is 9.67 Å². The quantitative estimate of drug-likeness (QED) is 0.684. The van der Waals surface area contributed by atoms with Crippen LogP contribution in [0.25, 0.3) is 11.6 Å². The average molecular weight is 374 g/mol. The Morgan fingerprint density at radius 2 is 2.12 bits per heavy atom. The molecule has 26 heavy (non-hydrogen) atoms. The highest BCUT2D eigenvalue weighted by molar-refractivity contribution is 7.89. The Hall–Kier alpha value is -2.59. The second kappa shape index (κ2) is 6.29. The van der Waals surface area contributed by atoms with Crippen LogP contribution in [0.2, 0.25) is 0 Å². The molecule has 0 aromatic carbocycles. The molecule has 1 aliphatic rings. The highest BCUT2D eigenvalue weighted by Crippen LogP contribution is 2.37. The second-order valence-corrected chi connectivity index (χ2v) is 8.01. The normalized spacial score (nSPS) is 18.5. The first kappa shape index (κ1) is 16.9. The van der Waals surface area contributed by atoms with Crippen LogP contribution in [-0.4, -0.2) is 44.2 Å². The van der Waals surface area contributed by atoms with Gasteiger partial charge in [-0.15, -0.1) is 10.2 Å². The molecular weight excluding hydrogens is 356 g/mol. The average Bonchev–Trinajstić information content (AvgIpc) is 3.36. The molecule has 0 saturated carbocycles. The Morgan fingerprint density at radius 3 is 2.81 bits per heavy atom. The zero-order chi connectivity index (χ0) is 18.3. The van der Waals surface area contributed by atoms with Crippen molar-refractivity contribution in [3.05, 3.63) is 42.2 Å². The van der Waals surface area contributed by atoms with Gasteiger partial charge in [-0.2, -0.15) is 9.40 Å². The molecule has 136 valence electrons. The zero-order valence-electron chi connectivity index (χ0n) is 14.4. The summed E-state index contributed by atoms with van der Waals surface area (Å²) in [6.07, 6.45) is 4.37. The standard InChI is InChI=1S/C16H18N6O3S/c1-11-14(10-18-21(11)2)26(23,24)22-9-5-7-13(22)16-20-19-15(25-16)12-6-3-4-8-17-12/h3-4,6,8,10,13H,5,7,9H2,1-2H3/t13-/m1/s1. The van der Waals surface area contributed by atoms with Gasteiger partial charge in [0.25, 0.3) is 5.89 Å². The van der Waals surface area contributed by atoms with E-state index >= 15 is 0 Å². The van der Waals surface area contributed by atoms with Crippen LogP contribution in [-0.2, 0) is 17.1 Å². The van der Waals surface area contributed by atoms with Crippen LogP contribution in [0.5, 0.6) is 0 Å². The van der Waals surface area contributed by atoms with Crippen LogP contribution in [0.15, 0.2) is 39.9 Å². The molecule has 0 spiro atoms. The van der Waals surface area contributed by atoms with Gasteiger partial charge in [0.05, 0.1) is 11.9 Å². The summed E-state index contributed by atoms with van der Waals surface area (Å²) in [4.78, 5) is 4.38. The molecule has 1 atom stereocenters. The summed E-state index contributed by atoms with van der Waals surface area (Å²) in [5, 5.41) is 12.1. The molecule has 0 aliphatic carbocycles. The number of rotatable bonds is 4. The van der Waals surface area contributed by atoms with E-state index in [-0.39, 0.29) is 16.7 Å². The lowest BCUT2D eigenvalue weighted by Gasteiger charge is -2.21. The number of aromatic nitrogens is 5. The summed E-state index contributed by atoms with van der Waals surface area (Å²) in [5.74, 6) is 0.565. The van der Waals surface area contributed by atoms with Gasteiger partial charge in [-0.1, -0.05) is 6.07 Å². The SMILES string of the molecule is Cc1c(S(=O)(=O)N2CCC[C@@H]2c2nnc(-c3ccccn3)o2)cnn1C. The van der Waals surface area contributed by atoms with E-state index in [9.17, 15) is 8.42 Å². The topological polar surface area (TPSA) is 107 Å². The number of sulfonamides is 1. The largest absolute Gasteiger partial charge is 0.417 e. The van der Waals surface area contributed by atoms with Gasteiger partial charge in [0, 0.05) is 19.8 Å². The van der Waals surface area contributed by atoms with Crippen molar-refractivity contribution >= 4 is 10.0 Å². The van der Waals surface area contributed by atoms with E-state index in [0.717, 1.165) is 6.42 Å². The minimum Gasteiger partial charge on any atom is -0.417 e.